The molecule has 1 aliphatic rings. The molecule has 0 spiro atoms. The summed E-state index contributed by atoms with van der Waals surface area (Å²) < 4.78 is 2.37. The van der Waals surface area contributed by atoms with Crippen LogP contribution >= 0.6 is 0 Å². The molecule has 0 bridgehead atoms. The molecule has 0 atom stereocenters. The van der Waals surface area contributed by atoms with Gasteiger partial charge in [-0.05, 0) is 75.2 Å². The molecule has 7 aromatic rings. The van der Waals surface area contributed by atoms with Crippen LogP contribution in [0.25, 0.3) is 71.3 Å². The number of fused-ring (bicyclic) bond motifs is 7. The zero-order valence-corrected chi connectivity index (χ0v) is 19.8. The van der Waals surface area contributed by atoms with Crippen LogP contribution in [0.5, 0.6) is 0 Å². The van der Waals surface area contributed by atoms with E-state index in [0.29, 0.717) is 0 Å². The largest absolute Gasteiger partial charge is 0.308 e. The lowest BCUT2D eigenvalue weighted by molar-refractivity contribution is 1.19. The second-order valence-corrected chi connectivity index (χ2v) is 9.79. The zero-order valence-electron chi connectivity index (χ0n) is 19.8. The standard InChI is InChI=1S/C34H22N2/c1-20-15-16-26-23-10-2-3-13-31(23)36(34(26)30(20)19-35)32-14-6-9-22-17-28-24-11-4-7-21-8-5-12-25(33(21)24)29(28)18-27(22)32/h2-19,35H,1H3. The van der Waals surface area contributed by atoms with Crippen molar-refractivity contribution in [3.05, 3.63) is 114 Å². The summed E-state index contributed by atoms with van der Waals surface area (Å²) in [5.41, 5.74) is 10.7. The summed E-state index contributed by atoms with van der Waals surface area (Å²) in [7, 11) is 0. The number of hydrogen-bond donors (Lipinski definition) is 1. The molecule has 1 aromatic heterocycles. The third-order valence-electron chi connectivity index (χ3n) is 7.96. The van der Waals surface area contributed by atoms with E-state index in [-0.39, 0.29) is 0 Å². The lowest BCUT2D eigenvalue weighted by Crippen LogP contribution is -1.99. The molecule has 0 saturated heterocycles. The number of para-hydroxylation sites is 1. The van der Waals surface area contributed by atoms with Crippen LogP contribution in [0, 0.1) is 12.3 Å². The van der Waals surface area contributed by atoms with Gasteiger partial charge in [-0.15, -0.1) is 0 Å². The van der Waals surface area contributed by atoms with Gasteiger partial charge in [0.1, 0.15) is 0 Å². The Bertz CT molecular complexity index is 2070. The van der Waals surface area contributed by atoms with Crippen molar-refractivity contribution in [1.82, 2.24) is 4.57 Å². The second-order valence-electron chi connectivity index (χ2n) is 9.79. The topological polar surface area (TPSA) is 28.8 Å². The van der Waals surface area contributed by atoms with Gasteiger partial charge in [0, 0.05) is 27.9 Å². The van der Waals surface area contributed by atoms with E-state index in [1.165, 1.54) is 66.3 Å². The SMILES string of the molecule is Cc1ccc2c3ccccc3n(-c3cccc4cc5c(cc34)-c3cccc4cccc-5c34)c2c1C=N. The molecule has 2 nitrogen and oxygen atoms in total. The minimum atomic E-state index is 0.971. The van der Waals surface area contributed by atoms with Crippen molar-refractivity contribution in [3.8, 4) is 27.9 Å². The van der Waals surface area contributed by atoms with Crippen molar-refractivity contribution in [3.63, 3.8) is 0 Å². The summed E-state index contributed by atoms with van der Waals surface area (Å²) in [5.74, 6) is 0. The number of nitrogens with one attached hydrogen (secondary N) is 1. The van der Waals surface area contributed by atoms with E-state index in [1.807, 2.05) is 0 Å². The van der Waals surface area contributed by atoms with Crippen LogP contribution in [0.2, 0.25) is 0 Å². The highest BCUT2D eigenvalue weighted by Gasteiger charge is 2.23. The van der Waals surface area contributed by atoms with Gasteiger partial charge in [-0.25, -0.2) is 0 Å². The summed E-state index contributed by atoms with van der Waals surface area (Å²) in [6.07, 6.45) is 1.51. The van der Waals surface area contributed by atoms with Crippen LogP contribution in [-0.4, -0.2) is 10.8 Å². The van der Waals surface area contributed by atoms with Crippen LogP contribution in [0.3, 0.4) is 0 Å². The van der Waals surface area contributed by atoms with Gasteiger partial charge in [0.2, 0.25) is 0 Å². The Labute approximate surface area is 208 Å². The lowest BCUT2D eigenvalue weighted by atomic mass is 9.97. The quantitative estimate of drug-likeness (QED) is 0.250. The molecule has 0 saturated carbocycles. The molecule has 1 aliphatic carbocycles. The highest BCUT2D eigenvalue weighted by Crippen LogP contribution is 2.49. The monoisotopic (exact) mass is 458 g/mol. The van der Waals surface area contributed by atoms with Crippen LogP contribution in [0.15, 0.2) is 103 Å². The van der Waals surface area contributed by atoms with E-state index < -0.39 is 0 Å². The first-order valence-corrected chi connectivity index (χ1v) is 12.4. The van der Waals surface area contributed by atoms with Gasteiger partial charge in [-0.1, -0.05) is 78.9 Å². The van der Waals surface area contributed by atoms with Crippen molar-refractivity contribution in [2.75, 3.05) is 0 Å². The van der Waals surface area contributed by atoms with Crippen molar-refractivity contribution < 1.29 is 0 Å². The van der Waals surface area contributed by atoms with E-state index in [4.69, 9.17) is 5.41 Å². The molecule has 6 aromatic carbocycles. The molecule has 168 valence electrons. The van der Waals surface area contributed by atoms with E-state index in [0.717, 1.165) is 22.3 Å². The van der Waals surface area contributed by atoms with E-state index >= 15 is 0 Å². The summed E-state index contributed by atoms with van der Waals surface area (Å²) >= 11 is 0. The molecule has 36 heavy (non-hydrogen) atoms. The summed E-state index contributed by atoms with van der Waals surface area (Å²) in [4.78, 5) is 0. The Morgan fingerprint density at radius 1 is 0.611 bits per heavy atom. The van der Waals surface area contributed by atoms with Gasteiger partial charge in [0.25, 0.3) is 0 Å². The summed E-state index contributed by atoms with van der Waals surface area (Å²) in [6, 6.07) is 37.5. The van der Waals surface area contributed by atoms with Crippen LogP contribution in [0.1, 0.15) is 11.1 Å². The molecule has 0 radical (unpaired) electrons. The van der Waals surface area contributed by atoms with Gasteiger partial charge in [0.15, 0.2) is 0 Å². The average molecular weight is 459 g/mol. The van der Waals surface area contributed by atoms with Crippen LogP contribution in [-0.2, 0) is 0 Å². The number of hydrogen-bond acceptors (Lipinski definition) is 1. The molecule has 0 unspecified atom stereocenters. The number of nitrogens with zero attached hydrogens (tertiary/aromatic N) is 1. The Morgan fingerprint density at radius 3 is 2.14 bits per heavy atom. The minimum absolute atomic E-state index is 0.971. The zero-order chi connectivity index (χ0) is 24.0. The smallest absolute Gasteiger partial charge is 0.0631 e. The molecule has 0 fully saturated rings. The highest BCUT2D eigenvalue weighted by atomic mass is 15.0. The molecule has 8 rings (SSSR count). The van der Waals surface area contributed by atoms with Crippen molar-refractivity contribution in [1.29, 1.82) is 5.41 Å². The van der Waals surface area contributed by atoms with Crippen LogP contribution in [0.4, 0.5) is 0 Å². The predicted molar refractivity (Wildman–Crippen MR) is 153 cm³/mol. The maximum absolute atomic E-state index is 8.26. The Kier molecular flexibility index (Phi) is 3.77. The van der Waals surface area contributed by atoms with E-state index in [9.17, 15) is 0 Å². The normalized spacial score (nSPS) is 12.1. The van der Waals surface area contributed by atoms with Gasteiger partial charge >= 0.3 is 0 Å². The summed E-state index contributed by atoms with van der Waals surface area (Å²) in [6.45, 7) is 2.09. The molecule has 1 N–H and O–H groups in total. The van der Waals surface area contributed by atoms with Crippen molar-refractivity contribution >= 4 is 49.6 Å². The first-order valence-electron chi connectivity index (χ1n) is 12.4. The lowest BCUT2D eigenvalue weighted by Gasteiger charge is -2.15. The first kappa shape index (κ1) is 19.6. The van der Waals surface area contributed by atoms with Crippen LogP contribution < -0.4 is 0 Å². The fourth-order valence-corrected chi connectivity index (χ4v) is 6.36. The third kappa shape index (κ3) is 2.38. The maximum atomic E-state index is 8.26. The average Bonchev–Trinajstić information content (AvgIpc) is 3.41. The molecule has 1 heterocycles. The fourth-order valence-electron chi connectivity index (χ4n) is 6.36. The fraction of sp³-hybridized carbons (Fsp3) is 0.0294. The molecular weight excluding hydrogens is 436 g/mol. The van der Waals surface area contributed by atoms with Gasteiger partial charge in [-0.3, -0.25) is 0 Å². The Balaban J connectivity index is 1.53. The second kappa shape index (κ2) is 6.93. The number of aromatic nitrogens is 1. The minimum Gasteiger partial charge on any atom is -0.308 e. The predicted octanol–water partition coefficient (Wildman–Crippen LogP) is 9.04. The Morgan fingerprint density at radius 2 is 1.33 bits per heavy atom. The molecule has 0 amide bonds. The summed E-state index contributed by atoms with van der Waals surface area (Å²) in [5, 5.41) is 15.8. The van der Waals surface area contributed by atoms with Gasteiger partial charge in [0.05, 0.1) is 16.7 Å². The molecular formula is C34H22N2. The van der Waals surface area contributed by atoms with Crippen molar-refractivity contribution in [2.45, 2.75) is 6.92 Å². The van der Waals surface area contributed by atoms with Gasteiger partial charge in [-0.2, -0.15) is 0 Å². The number of aryl methyl sites for hydroxylation is 1. The highest BCUT2D eigenvalue weighted by molar-refractivity contribution is 6.19. The van der Waals surface area contributed by atoms with Gasteiger partial charge < -0.3 is 9.98 Å². The van der Waals surface area contributed by atoms with E-state index in [1.54, 1.807) is 0 Å². The maximum Gasteiger partial charge on any atom is 0.0631 e. The van der Waals surface area contributed by atoms with E-state index in [2.05, 4.69) is 115 Å². The molecule has 0 aliphatic heterocycles. The molecule has 2 heteroatoms. The number of benzene rings is 6. The number of rotatable bonds is 2. The van der Waals surface area contributed by atoms with Crippen molar-refractivity contribution in [2.24, 2.45) is 0 Å². The third-order valence-corrected chi connectivity index (χ3v) is 7.96. The first-order chi connectivity index (χ1) is 17.7. The Hall–Kier alpha value is -4.69.